The molecule has 2 heterocycles. The van der Waals surface area contributed by atoms with Gasteiger partial charge in [-0.2, -0.15) is 4.31 Å². The van der Waals surface area contributed by atoms with Gasteiger partial charge in [0.25, 0.3) is 0 Å². The molecule has 0 radical (unpaired) electrons. The quantitative estimate of drug-likeness (QED) is 0.832. The monoisotopic (exact) mass is 337 g/mol. The largest absolute Gasteiger partial charge is 0.486 e. The second kappa shape index (κ2) is 5.98. The molecule has 0 unspecified atom stereocenters. The van der Waals surface area contributed by atoms with E-state index in [0.29, 0.717) is 48.6 Å². The van der Waals surface area contributed by atoms with Crippen LogP contribution in [0.5, 0.6) is 11.5 Å². The summed E-state index contributed by atoms with van der Waals surface area (Å²) in [6.45, 7) is 2.28. The molecule has 2 fully saturated rings. The van der Waals surface area contributed by atoms with Gasteiger partial charge in [-0.05, 0) is 36.8 Å². The molecule has 0 amide bonds. The van der Waals surface area contributed by atoms with Gasteiger partial charge in [-0.3, -0.25) is 0 Å². The van der Waals surface area contributed by atoms with E-state index in [1.807, 2.05) is 0 Å². The van der Waals surface area contributed by atoms with Crippen LogP contribution in [0.3, 0.4) is 0 Å². The Morgan fingerprint density at radius 3 is 2.52 bits per heavy atom. The third-order valence-electron chi connectivity index (χ3n) is 5.41. The minimum absolute atomic E-state index is 0.316. The normalized spacial score (nSPS) is 28.2. The van der Waals surface area contributed by atoms with Gasteiger partial charge in [0.15, 0.2) is 11.5 Å². The fourth-order valence-corrected chi connectivity index (χ4v) is 5.65. The van der Waals surface area contributed by atoms with E-state index in [0.717, 1.165) is 18.8 Å². The summed E-state index contributed by atoms with van der Waals surface area (Å²) in [6, 6.07) is 4.95. The topological polar surface area (TPSA) is 55.8 Å². The first kappa shape index (κ1) is 15.3. The van der Waals surface area contributed by atoms with Gasteiger partial charge in [-0.15, -0.1) is 0 Å². The predicted molar refractivity (Wildman–Crippen MR) is 86.3 cm³/mol. The first-order chi connectivity index (χ1) is 11.1. The Bertz CT molecular complexity index is 688. The Morgan fingerprint density at radius 2 is 1.70 bits per heavy atom. The Labute approximate surface area is 137 Å². The minimum Gasteiger partial charge on any atom is -0.486 e. The number of hydrogen-bond acceptors (Lipinski definition) is 4. The third kappa shape index (κ3) is 2.83. The van der Waals surface area contributed by atoms with Gasteiger partial charge in [0.05, 0.1) is 4.90 Å². The van der Waals surface area contributed by atoms with Crippen LogP contribution in [0.25, 0.3) is 0 Å². The van der Waals surface area contributed by atoms with Crippen molar-refractivity contribution in [2.24, 2.45) is 11.8 Å². The lowest BCUT2D eigenvalue weighted by atomic mass is 9.76. The van der Waals surface area contributed by atoms with Gasteiger partial charge >= 0.3 is 0 Å². The molecule has 1 aromatic carbocycles. The zero-order valence-corrected chi connectivity index (χ0v) is 14.1. The molecule has 126 valence electrons. The maximum absolute atomic E-state index is 13.0. The number of benzene rings is 1. The molecule has 1 aliphatic carbocycles. The number of piperidine rings is 1. The van der Waals surface area contributed by atoms with Crippen LogP contribution >= 0.6 is 0 Å². The van der Waals surface area contributed by atoms with Crippen LogP contribution in [0, 0.1) is 11.8 Å². The summed E-state index contributed by atoms with van der Waals surface area (Å²) < 4.78 is 38.6. The lowest BCUT2D eigenvalue weighted by Gasteiger charge is -2.40. The Kier molecular flexibility index (Phi) is 3.97. The molecule has 23 heavy (non-hydrogen) atoms. The molecule has 1 saturated heterocycles. The number of hydrogen-bond donors (Lipinski definition) is 0. The number of sulfonamides is 1. The van der Waals surface area contributed by atoms with E-state index >= 15 is 0 Å². The summed E-state index contributed by atoms with van der Waals surface area (Å²) >= 11 is 0. The zero-order chi connectivity index (χ0) is 15.9. The lowest BCUT2D eigenvalue weighted by Crippen LogP contribution is -2.44. The summed E-state index contributed by atoms with van der Waals surface area (Å²) in [5.74, 6) is 2.41. The summed E-state index contributed by atoms with van der Waals surface area (Å²) in [4.78, 5) is 0.316. The molecule has 5 nitrogen and oxygen atoms in total. The standard InChI is InChI=1S/C17H23NO4S/c19-23(20,15-5-6-16-17(11-15)22-10-9-21-16)18-8-7-13-3-1-2-4-14(13)12-18/h5-6,11,13-14H,1-4,7-10,12H2/t13-,14+/m0/s1. The van der Waals surface area contributed by atoms with Crippen LogP contribution in [-0.4, -0.2) is 39.0 Å². The van der Waals surface area contributed by atoms with Crippen LogP contribution < -0.4 is 9.47 Å². The molecule has 6 heteroatoms. The van der Waals surface area contributed by atoms with Crippen molar-refractivity contribution < 1.29 is 17.9 Å². The number of rotatable bonds is 2. The highest BCUT2D eigenvalue weighted by atomic mass is 32.2. The molecule has 1 saturated carbocycles. The predicted octanol–water partition coefficient (Wildman–Crippen LogP) is 2.66. The van der Waals surface area contributed by atoms with Gasteiger partial charge in [0.1, 0.15) is 13.2 Å². The van der Waals surface area contributed by atoms with Crippen molar-refractivity contribution in [1.29, 1.82) is 0 Å². The highest BCUT2D eigenvalue weighted by Gasteiger charge is 2.36. The molecule has 0 aromatic heterocycles. The maximum Gasteiger partial charge on any atom is 0.243 e. The van der Waals surface area contributed by atoms with Crippen molar-refractivity contribution >= 4 is 10.0 Å². The summed E-state index contributed by atoms with van der Waals surface area (Å²) in [7, 11) is -3.45. The molecule has 0 spiro atoms. The van der Waals surface area contributed by atoms with E-state index in [4.69, 9.17) is 9.47 Å². The van der Waals surface area contributed by atoms with Crippen molar-refractivity contribution in [2.45, 2.75) is 37.0 Å². The second-order valence-electron chi connectivity index (χ2n) is 6.76. The Hall–Kier alpha value is -1.27. The van der Waals surface area contributed by atoms with Gasteiger partial charge < -0.3 is 9.47 Å². The molecule has 3 aliphatic rings. The summed E-state index contributed by atoms with van der Waals surface area (Å²) in [6.07, 6.45) is 5.96. The van der Waals surface area contributed by atoms with E-state index < -0.39 is 10.0 Å². The number of ether oxygens (including phenoxy) is 2. The van der Waals surface area contributed by atoms with Crippen molar-refractivity contribution in [3.8, 4) is 11.5 Å². The number of fused-ring (bicyclic) bond motifs is 2. The minimum atomic E-state index is -3.45. The van der Waals surface area contributed by atoms with Crippen molar-refractivity contribution in [2.75, 3.05) is 26.3 Å². The van der Waals surface area contributed by atoms with Gasteiger partial charge in [-0.1, -0.05) is 19.3 Å². The molecule has 4 rings (SSSR count). The first-order valence-electron chi connectivity index (χ1n) is 8.54. The van der Waals surface area contributed by atoms with E-state index in [-0.39, 0.29) is 0 Å². The van der Waals surface area contributed by atoms with Crippen molar-refractivity contribution in [3.63, 3.8) is 0 Å². The first-order valence-corrected chi connectivity index (χ1v) is 9.98. The van der Waals surface area contributed by atoms with Crippen LogP contribution in [-0.2, 0) is 10.0 Å². The van der Waals surface area contributed by atoms with E-state index in [2.05, 4.69) is 0 Å². The lowest BCUT2D eigenvalue weighted by molar-refractivity contribution is 0.136. The second-order valence-corrected chi connectivity index (χ2v) is 8.70. The summed E-state index contributed by atoms with van der Waals surface area (Å²) in [5.41, 5.74) is 0. The van der Waals surface area contributed by atoms with Crippen LogP contribution in [0.1, 0.15) is 32.1 Å². The van der Waals surface area contributed by atoms with E-state index in [9.17, 15) is 8.42 Å². The van der Waals surface area contributed by atoms with Crippen molar-refractivity contribution in [1.82, 2.24) is 4.31 Å². The van der Waals surface area contributed by atoms with Crippen LogP contribution in [0.2, 0.25) is 0 Å². The zero-order valence-electron chi connectivity index (χ0n) is 13.2. The highest BCUT2D eigenvalue weighted by molar-refractivity contribution is 7.89. The molecule has 2 atom stereocenters. The average Bonchev–Trinajstić information content (AvgIpc) is 2.61. The molecular weight excluding hydrogens is 314 g/mol. The van der Waals surface area contributed by atoms with Crippen molar-refractivity contribution in [3.05, 3.63) is 18.2 Å². The third-order valence-corrected chi connectivity index (χ3v) is 7.27. The summed E-state index contributed by atoms with van der Waals surface area (Å²) in [5, 5.41) is 0. The number of nitrogens with zero attached hydrogens (tertiary/aromatic N) is 1. The van der Waals surface area contributed by atoms with Gasteiger partial charge in [0, 0.05) is 19.2 Å². The molecule has 2 aliphatic heterocycles. The van der Waals surface area contributed by atoms with Gasteiger partial charge in [-0.25, -0.2) is 8.42 Å². The SMILES string of the molecule is O=S(=O)(c1ccc2c(c1)OCCO2)N1CC[C@@H]2CCCC[C@@H]2C1. The average molecular weight is 337 g/mol. The van der Waals surface area contributed by atoms with E-state index in [1.54, 1.807) is 22.5 Å². The Morgan fingerprint density at radius 1 is 0.957 bits per heavy atom. The smallest absolute Gasteiger partial charge is 0.243 e. The molecule has 0 bridgehead atoms. The van der Waals surface area contributed by atoms with Gasteiger partial charge in [0.2, 0.25) is 10.0 Å². The highest BCUT2D eigenvalue weighted by Crippen LogP contribution is 2.39. The molecular formula is C17H23NO4S. The van der Waals surface area contributed by atoms with Crippen LogP contribution in [0.4, 0.5) is 0 Å². The molecule has 1 aromatic rings. The maximum atomic E-state index is 13.0. The van der Waals surface area contributed by atoms with E-state index in [1.165, 1.54) is 19.3 Å². The molecule has 0 N–H and O–H groups in total. The Balaban J connectivity index is 1.57. The fraction of sp³-hybridized carbons (Fsp3) is 0.647. The fourth-order valence-electron chi connectivity index (χ4n) is 4.12. The van der Waals surface area contributed by atoms with Crippen LogP contribution in [0.15, 0.2) is 23.1 Å².